The van der Waals surface area contributed by atoms with Crippen LogP contribution in [0.25, 0.3) is 10.3 Å². The van der Waals surface area contributed by atoms with Gasteiger partial charge in [0.2, 0.25) is 0 Å². The molecule has 4 rings (SSSR count). The van der Waals surface area contributed by atoms with Gasteiger partial charge in [0.25, 0.3) is 0 Å². The number of allylic oxidation sites excluding steroid dienone is 3. The van der Waals surface area contributed by atoms with E-state index in [0.717, 1.165) is 71.7 Å². The monoisotopic (exact) mass is 499 g/mol. The van der Waals surface area contributed by atoms with Gasteiger partial charge in [0, 0.05) is 39.3 Å². The Morgan fingerprint density at radius 3 is 2.34 bits per heavy atom. The van der Waals surface area contributed by atoms with E-state index in [1.54, 1.807) is 17.7 Å². The van der Waals surface area contributed by atoms with Crippen LogP contribution in [0.1, 0.15) is 66.7 Å². The molecule has 0 aliphatic carbocycles. The zero-order valence-electron chi connectivity index (χ0n) is 22.6. The van der Waals surface area contributed by atoms with Crippen molar-refractivity contribution < 1.29 is 0 Å². The second kappa shape index (κ2) is 15.4. The lowest BCUT2D eigenvalue weighted by molar-refractivity contribution is 0.445. The van der Waals surface area contributed by atoms with Gasteiger partial charge in [0.05, 0.1) is 11.4 Å². The Hall–Kier alpha value is -2.61. The maximum atomic E-state index is 4.99. The number of hydrogen-bond acceptors (Lipinski definition) is 8. The Morgan fingerprint density at radius 2 is 1.71 bits per heavy atom. The van der Waals surface area contributed by atoms with Crippen molar-refractivity contribution >= 4 is 32.6 Å². The molecule has 0 aromatic carbocycles. The van der Waals surface area contributed by atoms with Gasteiger partial charge in [-0.05, 0) is 45.1 Å². The molecule has 7 nitrogen and oxygen atoms in total. The fraction of sp³-hybridized carbons (Fsp3) is 0.593. The van der Waals surface area contributed by atoms with Gasteiger partial charge in [-0.3, -0.25) is 0 Å². The highest BCUT2D eigenvalue weighted by Gasteiger charge is 2.24. The molecular formula is C27H45N7S. The average Bonchev–Trinajstić information content (AvgIpc) is 3.37. The first-order chi connectivity index (χ1) is 17.2. The number of nitrogens with one attached hydrogen (secondary N) is 2. The van der Waals surface area contributed by atoms with E-state index in [2.05, 4.69) is 37.0 Å². The highest BCUT2D eigenvalue weighted by atomic mass is 32.1. The Morgan fingerprint density at radius 1 is 1.03 bits per heavy atom. The summed E-state index contributed by atoms with van der Waals surface area (Å²) in [5.74, 6) is 1.01. The van der Waals surface area contributed by atoms with E-state index < -0.39 is 0 Å². The molecule has 4 heterocycles. The largest absolute Gasteiger partial charge is 0.386 e. The summed E-state index contributed by atoms with van der Waals surface area (Å²) in [6.45, 7) is 18.3. The van der Waals surface area contributed by atoms with E-state index in [1.807, 2.05) is 59.9 Å². The number of thiazole rings is 1. The van der Waals surface area contributed by atoms with E-state index in [-0.39, 0.29) is 0 Å². The van der Waals surface area contributed by atoms with Crippen molar-refractivity contribution in [1.82, 2.24) is 25.6 Å². The van der Waals surface area contributed by atoms with Crippen molar-refractivity contribution in [1.29, 1.82) is 0 Å². The first-order valence-corrected chi connectivity index (χ1v) is 14.1. The molecule has 194 valence electrons. The molecule has 2 fully saturated rings. The number of anilines is 2. The topological polar surface area (TPSA) is 69.2 Å². The Labute approximate surface area is 216 Å². The molecule has 2 aromatic rings. The van der Waals surface area contributed by atoms with Gasteiger partial charge in [0.15, 0.2) is 15.8 Å². The van der Waals surface area contributed by atoms with Gasteiger partial charge < -0.3 is 20.4 Å². The average molecular weight is 500 g/mol. The number of rotatable bonds is 7. The molecule has 2 N–H and O–H groups in total. The van der Waals surface area contributed by atoms with Crippen LogP contribution in [-0.4, -0.2) is 54.2 Å². The third-order valence-electron chi connectivity index (χ3n) is 6.01. The fourth-order valence-electron chi connectivity index (χ4n) is 4.27. The van der Waals surface area contributed by atoms with Gasteiger partial charge >= 0.3 is 0 Å². The third kappa shape index (κ3) is 7.69. The van der Waals surface area contributed by atoms with Crippen LogP contribution >= 0.6 is 11.3 Å². The van der Waals surface area contributed by atoms with Crippen molar-refractivity contribution in [2.45, 2.75) is 72.8 Å². The van der Waals surface area contributed by atoms with E-state index >= 15 is 0 Å². The molecule has 2 aliphatic heterocycles. The van der Waals surface area contributed by atoms with E-state index in [4.69, 9.17) is 4.98 Å². The summed E-state index contributed by atoms with van der Waals surface area (Å²) in [4.78, 5) is 19.8. The van der Waals surface area contributed by atoms with Crippen molar-refractivity contribution in [3.8, 4) is 0 Å². The lowest BCUT2D eigenvalue weighted by atomic mass is 10.0. The molecule has 2 aromatic heterocycles. The highest BCUT2D eigenvalue weighted by molar-refractivity contribution is 7.21. The van der Waals surface area contributed by atoms with Crippen LogP contribution in [0, 0.1) is 0 Å². The van der Waals surface area contributed by atoms with Gasteiger partial charge in [-0.25, -0.2) is 15.0 Å². The molecular weight excluding hydrogens is 454 g/mol. The van der Waals surface area contributed by atoms with Gasteiger partial charge in [-0.1, -0.05) is 57.8 Å². The van der Waals surface area contributed by atoms with Crippen LogP contribution in [0.5, 0.6) is 0 Å². The maximum Gasteiger partial charge on any atom is 0.188 e. The Balaban J connectivity index is 0.00000103. The molecule has 8 heteroatoms. The predicted octanol–water partition coefficient (Wildman–Crippen LogP) is 5.88. The summed E-state index contributed by atoms with van der Waals surface area (Å²) in [6, 6.07) is 0.421. The van der Waals surface area contributed by atoms with E-state index in [1.165, 1.54) is 19.3 Å². The molecule has 0 saturated carbocycles. The minimum Gasteiger partial charge on any atom is -0.386 e. The number of likely N-dealkylation sites (N-methyl/N-ethyl adjacent to an activating group) is 1. The number of piperidine rings is 2. The van der Waals surface area contributed by atoms with Crippen LogP contribution in [0.2, 0.25) is 0 Å². The van der Waals surface area contributed by atoms with Crippen LogP contribution in [-0.2, 0) is 0 Å². The second-order valence-corrected chi connectivity index (χ2v) is 9.09. The lowest BCUT2D eigenvalue weighted by Gasteiger charge is -2.33. The van der Waals surface area contributed by atoms with Crippen LogP contribution < -0.4 is 20.4 Å². The zero-order chi connectivity index (χ0) is 25.6. The summed E-state index contributed by atoms with van der Waals surface area (Å²) in [6.07, 6.45) is 13.7. The molecule has 35 heavy (non-hydrogen) atoms. The molecule has 0 amide bonds. The molecule has 0 spiro atoms. The highest BCUT2D eigenvalue weighted by Crippen LogP contribution is 2.34. The zero-order valence-corrected chi connectivity index (χ0v) is 23.4. The number of nitrogens with zero attached hydrogens (tertiary/aromatic N) is 5. The van der Waals surface area contributed by atoms with Crippen molar-refractivity contribution in [3.63, 3.8) is 0 Å². The normalized spacial score (nSPS) is 16.9. The minimum atomic E-state index is 0.421. The summed E-state index contributed by atoms with van der Waals surface area (Å²) in [5, 5.41) is 7.88. The fourth-order valence-corrected chi connectivity index (χ4v) is 5.23. The SMILES string of the molecule is C=C(NC1CCN(c2nc3c(N4CCCCC4)ncnc3s2)CC1)/C(=C/C=C\C)NC.CC.CC. The quantitative estimate of drug-likeness (QED) is 0.461. The Kier molecular flexibility index (Phi) is 12.6. The van der Waals surface area contributed by atoms with Gasteiger partial charge in [0.1, 0.15) is 11.8 Å². The molecule has 0 atom stereocenters. The van der Waals surface area contributed by atoms with Gasteiger partial charge in [-0.15, -0.1) is 0 Å². The summed E-state index contributed by atoms with van der Waals surface area (Å²) in [5.41, 5.74) is 2.93. The molecule has 2 aliphatic rings. The molecule has 0 unspecified atom stereocenters. The summed E-state index contributed by atoms with van der Waals surface area (Å²) < 4.78 is 0. The summed E-state index contributed by atoms with van der Waals surface area (Å²) in [7, 11) is 1.93. The number of aromatic nitrogens is 3. The third-order valence-corrected chi connectivity index (χ3v) is 7.04. The lowest BCUT2D eigenvalue weighted by Crippen LogP contribution is -2.42. The second-order valence-electron chi connectivity index (χ2n) is 8.14. The van der Waals surface area contributed by atoms with E-state index in [9.17, 15) is 0 Å². The standard InChI is InChI=1S/C23H33N7S.2C2H6/c1-4-5-9-19(24-3)17(2)27-18-10-14-30(15-11-18)23-28-20-21(25-16-26-22(20)31-23)29-12-7-6-8-13-29;2*1-2/h4-5,9,16,18,24,27H,2,6-8,10-15H2,1,3H3;2*1-2H3/b5-4-,19-9-;;. The first kappa shape index (κ1) is 28.6. The van der Waals surface area contributed by atoms with Crippen LogP contribution in [0.15, 0.2) is 42.5 Å². The first-order valence-electron chi connectivity index (χ1n) is 13.3. The van der Waals surface area contributed by atoms with Crippen molar-refractivity contribution in [3.05, 3.63) is 42.5 Å². The number of hydrogen-bond donors (Lipinski definition) is 2. The Bertz CT molecular complexity index is 952. The molecule has 2 saturated heterocycles. The van der Waals surface area contributed by atoms with E-state index in [0.29, 0.717) is 6.04 Å². The molecule has 0 bridgehead atoms. The van der Waals surface area contributed by atoms with Crippen LogP contribution in [0.4, 0.5) is 10.9 Å². The number of fused-ring (bicyclic) bond motifs is 1. The smallest absolute Gasteiger partial charge is 0.188 e. The maximum absolute atomic E-state index is 4.99. The predicted molar refractivity (Wildman–Crippen MR) is 153 cm³/mol. The minimum absolute atomic E-state index is 0.421. The summed E-state index contributed by atoms with van der Waals surface area (Å²) >= 11 is 1.69. The van der Waals surface area contributed by atoms with Crippen molar-refractivity contribution in [2.24, 2.45) is 0 Å². The van der Waals surface area contributed by atoms with Crippen LogP contribution in [0.3, 0.4) is 0 Å². The van der Waals surface area contributed by atoms with Gasteiger partial charge in [-0.2, -0.15) is 0 Å². The van der Waals surface area contributed by atoms with Crippen molar-refractivity contribution in [2.75, 3.05) is 43.0 Å². The molecule has 0 radical (unpaired) electrons.